The number of halogens is 1. The maximum absolute atomic E-state index is 12.9. The second-order valence-electron chi connectivity index (χ2n) is 6.04. The van der Waals surface area contributed by atoms with Gasteiger partial charge in [-0.05, 0) is 42.0 Å². The number of primary amides is 1. The first-order valence-corrected chi connectivity index (χ1v) is 8.05. The van der Waals surface area contributed by atoms with Crippen LogP contribution in [-0.4, -0.2) is 24.1 Å². The van der Waals surface area contributed by atoms with Crippen molar-refractivity contribution >= 4 is 23.3 Å². The highest BCUT2D eigenvalue weighted by Crippen LogP contribution is 2.27. The van der Waals surface area contributed by atoms with Gasteiger partial charge in [0.15, 0.2) is 0 Å². The van der Waals surface area contributed by atoms with Crippen LogP contribution in [0.15, 0.2) is 48.5 Å². The Morgan fingerprint density at radius 1 is 1.12 bits per heavy atom. The zero-order chi connectivity index (χ0) is 18.7. The van der Waals surface area contributed by atoms with Crippen molar-refractivity contribution in [2.75, 3.05) is 11.4 Å². The Morgan fingerprint density at radius 3 is 2.38 bits per heavy atom. The molecule has 0 bridgehead atoms. The summed E-state index contributed by atoms with van der Waals surface area (Å²) in [5, 5.41) is 0. The summed E-state index contributed by atoms with van der Waals surface area (Å²) in [6, 6.07) is 12.8. The Labute approximate surface area is 149 Å². The van der Waals surface area contributed by atoms with Gasteiger partial charge in [-0.25, -0.2) is 4.39 Å². The van der Waals surface area contributed by atoms with E-state index in [-0.39, 0.29) is 31.3 Å². The molecule has 134 valence electrons. The van der Waals surface area contributed by atoms with Crippen molar-refractivity contribution in [1.29, 1.82) is 0 Å². The molecule has 0 radical (unpaired) electrons. The minimum atomic E-state index is -1.02. The number of carbonyl (C=O) groups excluding carboxylic acids is 3. The number of carbonyl (C=O) groups is 3. The predicted molar refractivity (Wildman–Crippen MR) is 91.8 cm³/mol. The lowest BCUT2D eigenvalue weighted by Gasteiger charge is -2.17. The van der Waals surface area contributed by atoms with Crippen molar-refractivity contribution in [3.63, 3.8) is 0 Å². The smallest absolute Gasteiger partial charge is 0.285 e. The molecule has 3 rings (SSSR count). The van der Waals surface area contributed by atoms with Gasteiger partial charge < -0.3 is 15.4 Å². The molecule has 1 heterocycles. The van der Waals surface area contributed by atoms with Crippen LogP contribution in [0.25, 0.3) is 0 Å². The summed E-state index contributed by atoms with van der Waals surface area (Å²) in [5.74, 6) is -2.38. The molecule has 7 heteroatoms. The number of nitrogens with zero attached hydrogens (tertiary/aromatic N) is 1. The number of hydrogen-bond donors (Lipinski definition) is 1. The first-order chi connectivity index (χ1) is 12.4. The molecule has 2 amide bonds. The zero-order valence-corrected chi connectivity index (χ0v) is 13.9. The minimum Gasteiger partial charge on any atom is -0.489 e. The monoisotopic (exact) mass is 356 g/mol. The van der Waals surface area contributed by atoms with Crippen molar-refractivity contribution in [2.45, 2.75) is 13.0 Å². The van der Waals surface area contributed by atoms with Crippen molar-refractivity contribution in [1.82, 2.24) is 0 Å². The molecule has 0 aliphatic carbocycles. The lowest BCUT2D eigenvalue weighted by atomic mass is 10.0. The Morgan fingerprint density at radius 2 is 1.77 bits per heavy atom. The molecule has 0 unspecified atom stereocenters. The van der Waals surface area contributed by atoms with E-state index in [0.717, 1.165) is 5.56 Å². The quantitative estimate of drug-likeness (QED) is 0.800. The number of nitrogens with two attached hydrogens (primary N) is 1. The molecule has 6 nitrogen and oxygen atoms in total. The van der Waals surface area contributed by atoms with Crippen molar-refractivity contribution < 1.29 is 23.5 Å². The SMILES string of the molecule is NC(=O)C(=O)[C@@H]1CC(=O)N(c2ccc(OCc3ccc(F)cc3)cc2)C1. The van der Waals surface area contributed by atoms with E-state index in [0.29, 0.717) is 11.4 Å². The standard InChI is InChI=1S/C19H17FN2O4/c20-14-3-1-12(2-4-14)11-26-16-7-5-15(6-8-16)22-10-13(9-17(22)23)18(24)19(21)25/h1-8,13H,9-11H2,(H2,21,25)/t13-/m1/s1. The lowest BCUT2D eigenvalue weighted by molar-refractivity contribution is -0.138. The van der Waals surface area contributed by atoms with E-state index in [1.807, 2.05) is 0 Å². The van der Waals surface area contributed by atoms with Crippen LogP contribution in [0, 0.1) is 11.7 Å². The molecule has 2 aromatic rings. The summed E-state index contributed by atoms with van der Waals surface area (Å²) in [6.45, 7) is 0.424. The zero-order valence-electron chi connectivity index (χ0n) is 13.9. The Bertz CT molecular complexity index is 834. The van der Waals surface area contributed by atoms with Crippen LogP contribution < -0.4 is 15.4 Å². The number of Topliss-reactive ketones (excluding diaryl/α,β-unsaturated/α-hetero) is 1. The number of ether oxygens (including phenoxy) is 1. The van der Waals surface area contributed by atoms with Gasteiger partial charge in [0.2, 0.25) is 11.7 Å². The summed E-state index contributed by atoms with van der Waals surface area (Å²) in [6.07, 6.45) is -0.0232. The van der Waals surface area contributed by atoms with Gasteiger partial charge in [0.05, 0.1) is 5.92 Å². The summed E-state index contributed by atoms with van der Waals surface area (Å²) in [7, 11) is 0. The van der Waals surface area contributed by atoms with Gasteiger partial charge in [-0.2, -0.15) is 0 Å². The number of rotatable bonds is 6. The van der Waals surface area contributed by atoms with Crippen molar-refractivity contribution in [2.24, 2.45) is 11.7 Å². The molecule has 1 fully saturated rings. The number of amides is 2. The second-order valence-corrected chi connectivity index (χ2v) is 6.04. The minimum absolute atomic E-state index is 0.0232. The van der Waals surface area contributed by atoms with E-state index in [9.17, 15) is 18.8 Å². The molecule has 1 atom stereocenters. The first kappa shape index (κ1) is 17.6. The largest absolute Gasteiger partial charge is 0.489 e. The van der Waals surface area contributed by atoms with E-state index >= 15 is 0 Å². The van der Waals surface area contributed by atoms with Gasteiger partial charge in [-0.15, -0.1) is 0 Å². The molecule has 0 aromatic heterocycles. The fourth-order valence-electron chi connectivity index (χ4n) is 2.80. The van der Waals surface area contributed by atoms with Crippen LogP contribution in [0.5, 0.6) is 5.75 Å². The summed E-state index contributed by atoms with van der Waals surface area (Å²) < 4.78 is 18.5. The molecule has 26 heavy (non-hydrogen) atoms. The highest BCUT2D eigenvalue weighted by molar-refractivity contribution is 6.37. The normalized spacial score (nSPS) is 16.6. The van der Waals surface area contributed by atoms with Crippen LogP contribution in [0.2, 0.25) is 0 Å². The van der Waals surface area contributed by atoms with Crippen LogP contribution >= 0.6 is 0 Å². The molecule has 2 N–H and O–H groups in total. The van der Waals surface area contributed by atoms with E-state index in [1.54, 1.807) is 36.4 Å². The average molecular weight is 356 g/mol. The second kappa shape index (κ2) is 7.35. The molecular weight excluding hydrogens is 339 g/mol. The molecule has 1 saturated heterocycles. The van der Waals surface area contributed by atoms with Gasteiger partial charge in [0, 0.05) is 18.7 Å². The fraction of sp³-hybridized carbons (Fsp3) is 0.211. The van der Waals surface area contributed by atoms with Gasteiger partial charge >= 0.3 is 0 Å². The van der Waals surface area contributed by atoms with E-state index < -0.39 is 17.6 Å². The number of benzene rings is 2. The van der Waals surface area contributed by atoms with Crippen LogP contribution in [-0.2, 0) is 21.0 Å². The van der Waals surface area contributed by atoms with Crippen LogP contribution in [0.1, 0.15) is 12.0 Å². The summed E-state index contributed by atoms with van der Waals surface area (Å²) in [5.41, 5.74) is 6.45. The van der Waals surface area contributed by atoms with E-state index in [2.05, 4.69) is 0 Å². The topological polar surface area (TPSA) is 89.7 Å². The Hall–Kier alpha value is -3.22. The summed E-state index contributed by atoms with van der Waals surface area (Å²) in [4.78, 5) is 36.2. The van der Waals surface area contributed by atoms with Gasteiger partial charge in [-0.3, -0.25) is 14.4 Å². The molecule has 2 aromatic carbocycles. The molecule has 1 aliphatic heterocycles. The van der Waals surface area contributed by atoms with Gasteiger partial charge in [0.1, 0.15) is 18.2 Å². The van der Waals surface area contributed by atoms with Crippen molar-refractivity contribution in [3.05, 3.63) is 59.9 Å². The molecule has 1 aliphatic rings. The lowest BCUT2D eigenvalue weighted by Crippen LogP contribution is -2.32. The predicted octanol–water partition coefficient (Wildman–Crippen LogP) is 1.81. The fourth-order valence-corrected chi connectivity index (χ4v) is 2.80. The maximum Gasteiger partial charge on any atom is 0.285 e. The van der Waals surface area contributed by atoms with Crippen LogP contribution in [0.3, 0.4) is 0 Å². The highest BCUT2D eigenvalue weighted by atomic mass is 19.1. The maximum atomic E-state index is 12.9. The highest BCUT2D eigenvalue weighted by Gasteiger charge is 2.36. The Kier molecular flexibility index (Phi) is 4.97. The number of anilines is 1. The molecule has 0 spiro atoms. The Balaban J connectivity index is 1.62. The average Bonchev–Trinajstić information content (AvgIpc) is 3.02. The van der Waals surface area contributed by atoms with Gasteiger partial charge in [-0.1, -0.05) is 12.1 Å². The number of hydrogen-bond acceptors (Lipinski definition) is 4. The summed E-state index contributed by atoms with van der Waals surface area (Å²) >= 11 is 0. The molecular formula is C19H17FN2O4. The molecule has 0 saturated carbocycles. The van der Waals surface area contributed by atoms with E-state index in [1.165, 1.54) is 17.0 Å². The van der Waals surface area contributed by atoms with Gasteiger partial charge in [0.25, 0.3) is 5.91 Å². The number of ketones is 1. The van der Waals surface area contributed by atoms with Crippen LogP contribution in [0.4, 0.5) is 10.1 Å². The third-order valence-electron chi connectivity index (χ3n) is 4.21. The van der Waals surface area contributed by atoms with Crippen molar-refractivity contribution in [3.8, 4) is 5.75 Å². The third kappa shape index (κ3) is 3.88. The first-order valence-electron chi connectivity index (χ1n) is 8.05. The third-order valence-corrected chi connectivity index (χ3v) is 4.21. The van der Waals surface area contributed by atoms with E-state index in [4.69, 9.17) is 10.5 Å².